The van der Waals surface area contributed by atoms with Gasteiger partial charge < -0.3 is 19.5 Å². The molecule has 0 aliphatic carbocycles. The Bertz CT molecular complexity index is 732. The Morgan fingerprint density at radius 2 is 2.08 bits per heavy atom. The number of benzene rings is 1. The monoisotopic (exact) mass is 378 g/mol. The first-order chi connectivity index (χ1) is 12.5. The number of hydrogen-bond donors (Lipinski definition) is 1. The van der Waals surface area contributed by atoms with Gasteiger partial charge in [0.25, 0.3) is 5.91 Å². The van der Waals surface area contributed by atoms with E-state index in [0.29, 0.717) is 35.5 Å². The van der Waals surface area contributed by atoms with Crippen LogP contribution in [-0.4, -0.2) is 48.8 Å². The zero-order valence-corrected chi connectivity index (χ0v) is 15.9. The number of thiocarbonyl (C=S) groups is 1. The van der Waals surface area contributed by atoms with Crippen LogP contribution in [0.5, 0.6) is 11.5 Å². The van der Waals surface area contributed by atoms with E-state index in [-0.39, 0.29) is 12.5 Å². The first kappa shape index (κ1) is 19.7. The summed E-state index contributed by atoms with van der Waals surface area (Å²) in [6.45, 7) is 4.38. The highest BCUT2D eigenvalue weighted by Crippen LogP contribution is 2.29. The molecule has 1 heterocycles. The minimum atomic E-state index is -0.453. The Morgan fingerprint density at radius 3 is 2.73 bits per heavy atom. The second kappa shape index (κ2) is 9.19. The van der Waals surface area contributed by atoms with Crippen LogP contribution < -0.4 is 14.8 Å². The summed E-state index contributed by atoms with van der Waals surface area (Å²) in [6.07, 6.45) is 2.52. The molecular formula is C18H22N2O5S. The highest BCUT2D eigenvalue weighted by atomic mass is 32.1. The number of ether oxygens (including phenoxy) is 3. The summed E-state index contributed by atoms with van der Waals surface area (Å²) in [6, 6.07) is 5.15. The number of methoxy groups -OCH3 is 1. The SMILES string of the molecule is CCCN1C(=O)C(=Cc2ccc(OCC(=O)OCC)c(OC)c2)NC1=S. The van der Waals surface area contributed by atoms with E-state index in [0.717, 1.165) is 12.0 Å². The molecule has 0 saturated carbocycles. The minimum absolute atomic E-state index is 0.154. The number of rotatable bonds is 8. The van der Waals surface area contributed by atoms with E-state index in [1.165, 1.54) is 12.0 Å². The molecule has 7 nitrogen and oxygen atoms in total. The molecule has 26 heavy (non-hydrogen) atoms. The molecule has 1 aromatic rings. The van der Waals surface area contributed by atoms with E-state index >= 15 is 0 Å². The van der Waals surface area contributed by atoms with Crippen molar-refractivity contribution in [3.63, 3.8) is 0 Å². The van der Waals surface area contributed by atoms with Gasteiger partial charge in [0, 0.05) is 6.54 Å². The Morgan fingerprint density at radius 1 is 1.31 bits per heavy atom. The molecule has 1 saturated heterocycles. The summed E-state index contributed by atoms with van der Waals surface area (Å²) in [5.74, 6) is 0.253. The van der Waals surface area contributed by atoms with Gasteiger partial charge in [0.1, 0.15) is 5.70 Å². The third-order valence-electron chi connectivity index (χ3n) is 3.56. The molecule has 0 radical (unpaired) electrons. The Balaban J connectivity index is 2.15. The van der Waals surface area contributed by atoms with Crippen LogP contribution >= 0.6 is 12.2 Å². The molecule has 0 unspecified atom stereocenters. The summed E-state index contributed by atoms with van der Waals surface area (Å²) in [5.41, 5.74) is 1.15. The second-order valence-corrected chi connectivity index (χ2v) is 5.84. The van der Waals surface area contributed by atoms with Crippen molar-refractivity contribution >= 4 is 35.3 Å². The molecule has 0 spiro atoms. The Kier molecular flexibility index (Phi) is 6.97. The molecule has 0 atom stereocenters. The minimum Gasteiger partial charge on any atom is -0.493 e. The van der Waals surface area contributed by atoms with Crippen LogP contribution in [0.1, 0.15) is 25.8 Å². The Labute approximate surface area is 157 Å². The number of carbonyl (C=O) groups excluding carboxylic acids is 2. The standard InChI is InChI=1S/C18H22N2O5S/c1-4-8-20-17(22)13(19-18(20)26)9-12-6-7-14(15(10-12)23-3)25-11-16(21)24-5-2/h6-7,9-10H,4-5,8,11H2,1-3H3,(H,19,26). The van der Waals surface area contributed by atoms with Crippen molar-refractivity contribution in [1.29, 1.82) is 0 Å². The number of amides is 1. The van der Waals surface area contributed by atoms with Crippen molar-refractivity contribution in [3.8, 4) is 11.5 Å². The van der Waals surface area contributed by atoms with E-state index in [1.807, 2.05) is 6.92 Å². The molecule has 1 N–H and O–H groups in total. The molecule has 0 bridgehead atoms. The summed E-state index contributed by atoms with van der Waals surface area (Å²) < 4.78 is 15.5. The number of nitrogens with zero attached hydrogens (tertiary/aromatic N) is 1. The number of hydrogen-bond acceptors (Lipinski definition) is 6. The topological polar surface area (TPSA) is 77.1 Å². The van der Waals surface area contributed by atoms with Gasteiger partial charge in [-0.2, -0.15) is 0 Å². The third-order valence-corrected chi connectivity index (χ3v) is 3.88. The number of carbonyl (C=O) groups is 2. The van der Waals surface area contributed by atoms with Crippen molar-refractivity contribution in [1.82, 2.24) is 10.2 Å². The van der Waals surface area contributed by atoms with Gasteiger partial charge in [0.15, 0.2) is 23.2 Å². The third kappa shape index (κ3) is 4.72. The molecule has 1 fully saturated rings. The maximum absolute atomic E-state index is 12.4. The van der Waals surface area contributed by atoms with E-state index < -0.39 is 5.97 Å². The molecule has 2 rings (SSSR count). The van der Waals surface area contributed by atoms with Gasteiger partial charge in [-0.3, -0.25) is 9.69 Å². The highest BCUT2D eigenvalue weighted by molar-refractivity contribution is 7.80. The van der Waals surface area contributed by atoms with Crippen molar-refractivity contribution < 1.29 is 23.8 Å². The van der Waals surface area contributed by atoms with Crippen molar-refractivity contribution in [2.45, 2.75) is 20.3 Å². The van der Waals surface area contributed by atoms with Crippen LogP contribution in [0.2, 0.25) is 0 Å². The molecule has 140 valence electrons. The zero-order chi connectivity index (χ0) is 19.1. The normalized spacial score (nSPS) is 15.2. The van der Waals surface area contributed by atoms with Gasteiger partial charge in [-0.05, 0) is 49.3 Å². The van der Waals surface area contributed by atoms with Crippen LogP contribution in [0.3, 0.4) is 0 Å². The number of nitrogens with one attached hydrogen (secondary N) is 1. The fourth-order valence-corrected chi connectivity index (χ4v) is 2.68. The lowest BCUT2D eigenvalue weighted by Gasteiger charge is -2.11. The fourth-order valence-electron chi connectivity index (χ4n) is 2.40. The van der Waals surface area contributed by atoms with Gasteiger partial charge in [-0.25, -0.2) is 4.79 Å². The van der Waals surface area contributed by atoms with Gasteiger partial charge in [0.2, 0.25) is 0 Å². The molecular weight excluding hydrogens is 356 g/mol. The molecule has 1 amide bonds. The molecule has 1 aliphatic rings. The maximum atomic E-state index is 12.4. The van der Waals surface area contributed by atoms with E-state index in [9.17, 15) is 9.59 Å². The van der Waals surface area contributed by atoms with Crippen molar-refractivity contribution in [2.75, 3.05) is 26.9 Å². The van der Waals surface area contributed by atoms with Crippen LogP contribution in [-0.2, 0) is 14.3 Å². The van der Waals surface area contributed by atoms with E-state index in [1.54, 1.807) is 31.2 Å². The maximum Gasteiger partial charge on any atom is 0.344 e. The smallest absolute Gasteiger partial charge is 0.344 e. The Hall–Kier alpha value is -2.61. The van der Waals surface area contributed by atoms with Crippen LogP contribution in [0.25, 0.3) is 6.08 Å². The van der Waals surface area contributed by atoms with Crippen LogP contribution in [0, 0.1) is 0 Å². The second-order valence-electron chi connectivity index (χ2n) is 5.45. The first-order valence-corrected chi connectivity index (χ1v) is 8.72. The zero-order valence-electron chi connectivity index (χ0n) is 15.0. The van der Waals surface area contributed by atoms with Crippen molar-refractivity contribution in [3.05, 3.63) is 29.5 Å². The van der Waals surface area contributed by atoms with Gasteiger partial charge in [-0.1, -0.05) is 13.0 Å². The quantitative estimate of drug-likeness (QED) is 0.422. The van der Waals surface area contributed by atoms with Crippen LogP contribution in [0.4, 0.5) is 0 Å². The largest absolute Gasteiger partial charge is 0.493 e. The summed E-state index contributed by atoms with van der Waals surface area (Å²) in [5, 5.41) is 3.34. The first-order valence-electron chi connectivity index (χ1n) is 8.31. The molecule has 0 aromatic heterocycles. The lowest BCUT2D eigenvalue weighted by molar-refractivity contribution is -0.145. The molecule has 1 aromatic carbocycles. The van der Waals surface area contributed by atoms with Gasteiger partial charge in [0.05, 0.1) is 13.7 Å². The average molecular weight is 378 g/mol. The number of esters is 1. The lowest BCUT2D eigenvalue weighted by atomic mass is 10.1. The summed E-state index contributed by atoms with van der Waals surface area (Å²) in [4.78, 5) is 25.3. The lowest BCUT2D eigenvalue weighted by Crippen LogP contribution is -2.31. The summed E-state index contributed by atoms with van der Waals surface area (Å²) in [7, 11) is 1.50. The molecule has 8 heteroatoms. The predicted octanol–water partition coefficient (Wildman–Crippen LogP) is 2.10. The fraction of sp³-hybridized carbons (Fsp3) is 0.389. The van der Waals surface area contributed by atoms with E-state index in [2.05, 4.69) is 5.32 Å². The van der Waals surface area contributed by atoms with Gasteiger partial charge >= 0.3 is 5.97 Å². The van der Waals surface area contributed by atoms with Crippen molar-refractivity contribution in [2.24, 2.45) is 0 Å². The van der Waals surface area contributed by atoms with E-state index in [4.69, 9.17) is 26.4 Å². The highest BCUT2D eigenvalue weighted by Gasteiger charge is 2.29. The van der Waals surface area contributed by atoms with Crippen LogP contribution in [0.15, 0.2) is 23.9 Å². The predicted molar refractivity (Wildman–Crippen MR) is 101 cm³/mol. The van der Waals surface area contributed by atoms with Gasteiger partial charge in [-0.15, -0.1) is 0 Å². The average Bonchev–Trinajstić information content (AvgIpc) is 2.88. The summed E-state index contributed by atoms with van der Waals surface area (Å²) >= 11 is 5.19. The molecule has 1 aliphatic heterocycles.